The summed E-state index contributed by atoms with van der Waals surface area (Å²) in [6.45, 7) is -0.674. The van der Waals surface area contributed by atoms with E-state index >= 15 is 4.39 Å². The highest BCUT2D eigenvalue weighted by Crippen LogP contribution is 2.39. The minimum Gasteiger partial charge on any atom is -0.506 e. The number of rotatable bonds is 6. The van der Waals surface area contributed by atoms with Gasteiger partial charge in [-0.05, 0) is 49.4 Å². The molecule has 0 spiro atoms. The number of fused-ring (bicyclic) bond motifs is 1. The fourth-order valence-corrected chi connectivity index (χ4v) is 4.89. The molecule has 2 aliphatic rings. The molecule has 168 valence electrons. The van der Waals surface area contributed by atoms with Gasteiger partial charge in [0, 0.05) is 13.2 Å². The lowest BCUT2D eigenvalue weighted by Gasteiger charge is -2.29. The highest BCUT2D eigenvalue weighted by atomic mass is 32.2. The second-order valence-corrected chi connectivity index (χ2v) is 8.78. The first-order valence-electron chi connectivity index (χ1n) is 9.13. The molecule has 13 heteroatoms. The Morgan fingerprint density at radius 2 is 2.13 bits per heavy atom. The number of aryl methyl sites for hydroxylation is 1. The number of carbonyl (C=O) groups is 1. The van der Waals surface area contributed by atoms with Gasteiger partial charge in [-0.3, -0.25) is 4.79 Å². The number of aromatic hydroxyl groups is 1. The van der Waals surface area contributed by atoms with Gasteiger partial charge in [-0.25, -0.2) is 13.4 Å². The normalized spacial score (nSPS) is 22.0. The second-order valence-electron chi connectivity index (χ2n) is 7.18. The summed E-state index contributed by atoms with van der Waals surface area (Å²) >= 11 is 0. The molecule has 1 aliphatic carbocycles. The molecule has 0 radical (unpaired) electrons. The number of ether oxygens (including phenoxy) is 1. The molecule has 2 unspecified atom stereocenters. The molecular weight excluding hydrogens is 434 g/mol. The third kappa shape index (κ3) is 4.47. The molecule has 1 aromatic rings. The van der Waals surface area contributed by atoms with Crippen LogP contribution in [0.5, 0.6) is 5.75 Å². The van der Waals surface area contributed by atoms with Crippen LogP contribution in [0.15, 0.2) is 6.07 Å². The first-order valence-corrected chi connectivity index (χ1v) is 10.6. The first-order chi connectivity index (χ1) is 13.9. The smallest absolute Gasteiger partial charge is 0.414 e. The molecule has 3 rings (SSSR count). The van der Waals surface area contributed by atoms with Crippen molar-refractivity contribution in [3.8, 4) is 5.75 Å². The van der Waals surface area contributed by atoms with Gasteiger partial charge in [-0.2, -0.15) is 21.6 Å². The van der Waals surface area contributed by atoms with Gasteiger partial charge in [0.25, 0.3) is 5.91 Å². The number of hydrogen-bond donors (Lipinski definition) is 3. The quantitative estimate of drug-likeness (QED) is 0.555. The van der Waals surface area contributed by atoms with Crippen LogP contribution in [-0.2, 0) is 32.6 Å². The molecule has 1 aliphatic heterocycles. The molecule has 2 atom stereocenters. The van der Waals surface area contributed by atoms with Gasteiger partial charge in [-0.15, -0.1) is 0 Å². The number of nitrogens with one attached hydrogen (secondary N) is 2. The minimum absolute atomic E-state index is 0.0104. The van der Waals surface area contributed by atoms with Crippen molar-refractivity contribution >= 4 is 21.8 Å². The second kappa shape index (κ2) is 8.19. The van der Waals surface area contributed by atoms with Crippen molar-refractivity contribution in [2.75, 3.05) is 24.5 Å². The van der Waals surface area contributed by atoms with E-state index in [-0.39, 0.29) is 31.0 Å². The van der Waals surface area contributed by atoms with Crippen molar-refractivity contribution in [3.05, 3.63) is 23.0 Å². The largest absolute Gasteiger partial charge is 0.506 e. The Kier molecular flexibility index (Phi) is 6.16. The van der Waals surface area contributed by atoms with E-state index in [1.54, 1.807) is 4.72 Å². The third-order valence-corrected chi connectivity index (χ3v) is 6.56. The monoisotopic (exact) mass is 455 g/mol. The number of carbonyl (C=O) groups excluding carboxylic acids is 1. The van der Waals surface area contributed by atoms with Crippen LogP contribution in [0.2, 0.25) is 0 Å². The Balaban J connectivity index is 1.76. The van der Waals surface area contributed by atoms with Gasteiger partial charge < -0.3 is 15.2 Å². The predicted octanol–water partition coefficient (Wildman–Crippen LogP) is 1.13. The number of hydrogen-bond acceptors (Lipinski definition) is 6. The zero-order valence-corrected chi connectivity index (χ0v) is 16.7. The van der Waals surface area contributed by atoms with Crippen molar-refractivity contribution in [2.24, 2.45) is 0 Å². The van der Waals surface area contributed by atoms with Crippen molar-refractivity contribution in [1.29, 1.82) is 0 Å². The standard InChI is InChI=1S/C17H21F4N3O5S/c1-29-13(17(19,20)21)4-5-22-10-3-2-9-6-12(25)16(15(18)11(9)7-10)24-8-14(26)23-30(24,27)28/h6,10,13,22,25H,2-5,7-8H2,1H3,(H,23,26). The average molecular weight is 455 g/mol. The lowest BCUT2D eigenvalue weighted by molar-refractivity contribution is -0.214. The number of phenols is 1. The molecule has 1 aromatic carbocycles. The number of halogens is 4. The molecule has 8 nitrogen and oxygen atoms in total. The van der Waals surface area contributed by atoms with Crippen LogP contribution in [0.1, 0.15) is 24.0 Å². The zero-order chi connectivity index (χ0) is 22.3. The van der Waals surface area contributed by atoms with Gasteiger partial charge in [-0.1, -0.05) is 0 Å². The topological polar surface area (TPSA) is 108 Å². The average Bonchev–Trinajstić information content (AvgIpc) is 2.90. The van der Waals surface area contributed by atoms with Crippen LogP contribution in [-0.4, -0.2) is 58.0 Å². The van der Waals surface area contributed by atoms with E-state index in [9.17, 15) is 31.5 Å². The Bertz CT molecular complexity index is 938. The predicted molar refractivity (Wildman–Crippen MR) is 97.8 cm³/mol. The van der Waals surface area contributed by atoms with E-state index in [0.29, 0.717) is 22.7 Å². The lowest BCUT2D eigenvalue weighted by atomic mass is 9.87. The van der Waals surface area contributed by atoms with E-state index < -0.39 is 52.2 Å². The number of amides is 1. The summed E-state index contributed by atoms with van der Waals surface area (Å²) in [5.74, 6) is -2.43. The van der Waals surface area contributed by atoms with E-state index in [4.69, 9.17) is 0 Å². The van der Waals surface area contributed by atoms with Crippen LogP contribution in [0.25, 0.3) is 0 Å². The summed E-state index contributed by atoms with van der Waals surface area (Å²) in [6.07, 6.45) is -5.78. The first kappa shape index (κ1) is 22.6. The molecule has 0 bridgehead atoms. The van der Waals surface area contributed by atoms with Crippen LogP contribution in [0.3, 0.4) is 0 Å². The maximum Gasteiger partial charge on any atom is 0.414 e. The molecule has 1 saturated heterocycles. The van der Waals surface area contributed by atoms with Crippen molar-refractivity contribution in [2.45, 2.75) is 44.0 Å². The number of nitrogens with zero attached hydrogens (tertiary/aromatic N) is 1. The zero-order valence-electron chi connectivity index (χ0n) is 15.9. The van der Waals surface area contributed by atoms with Gasteiger partial charge in [0.1, 0.15) is 18.0 Å². The maximum atomic E-state index is 15.2. The highest BCUT2D eigenvalue weighted by Gasteiger charge is 2.40. The van der Waals surface area contributed by atoms with Crippen LogP contribution in [0, 0.1) is 5.82 Å². The Labute approximate surface area is 170 Å². The molecule has 3 N–H and O–H groups in total. The molecule has 0 saturated carbocycles. The summed E-state index contributed by atoms with van der Waals surface area (Å²) in [5, 5.41) is 13.1. The van der Waals surface area contributed by atoms with Crippen LogP contribution < -0.4 is 14.3 Å². The Morgan fingerprint density at radius 1 is 1.43 bits per heavy atom. The van der Waals surface area contributed by atoms with Crippen LogP contribution >= 0.6 is 0 Å². The number of alkyl halides is 3. The number of methoxy groups -OCH3 is 1. The molecule has 1 fully saturated rings. The molecule has 1 amide bonds. The maximum absolute atomic E-state index is 15.2. The van der Waals surface area contributed by atoms with E-state index in [1.807, 2.05) is 0 Å². The van der Waals surface area contributed by atoms with Gasteiger partial charge in [0.2, 0.25) is 0 Å². The van der Waals surface area contributed by atoms with Gasteiger partial charge in [0.15, 0.2) is 11.9 Å². The van der Waals surface area contributed by atoms with Crippen molar-refractivity contribution in [1.82, 2.24) is 10.0 Å². The SMILES string of the molecule is COC(CCNC1CCc2cc(O)c(N3CC(=O)NS3(=O)=O)c(F)c2C1)C(F)(F)F. The van der Waals surface area contributed by atoms with Gasteiger partial charge in [0.05, 0.1) is 0 Å². The minimum atomic E-state index is -4.49. The molecule has 30 heavy (non-hydrogen) atoms. The fraction of sp³-hybridized carbons (Fsp3) is 0.588. The fourth-order valence-electron chi connectivity index (χ4n) is 3.73. The summed E-state index contributed by atoms with van der Waals surface area (Å²) < 4.78 is 84.1. The van der Waals surface area contributed by atoms with Crippen molar-refractivity contribution < 1.29 is 40.6 Å². The number of benzene rings is 1. The summed E-state index contributed by atoms with van der Waals surface area (Å²) in [5.41, 5.74) is 0.0113. The number of phenolic OH excluding ortho intramolecular Hbond substituents is 1. The van der Waals surface area contributed by atoms with E-state index in [0.717, 1.165) is 7.11 Å². The van der Waals surface area contributed by atoms with E-state index in [1.165, 1.54) is 6.07 Å². The Hall–Kier alpha value is -2.12. The molecule has 0 aromatic heterocycles. The van der Waals surface area contributed by atoms with Crippen molar-refractivity contribution in [3.63, 3.8) is 0 Å². The molecule has 1 heterocycles. The lowest BCUT2D eigenvalue weighted by Crippen LogP contribution is -2.39. The highest BCUT2D eigenvalue weighted by molar-refractivity contribution is 7.92. The molecular formula is C17H21F4N3O5S. The number of anilines is 1. The Morgan fingerprint density at radius 3 is 2.70 bits per heavy atom. The summed E-state index contributed by atoms with van der Waals surface area (Å²) in [7, 11) is -3.34. The van der Waals surface area contributed by atoms with Crippen LogP contribution in [0.4, 0.5) is 23.2 Å². The summed E-state index contributed by atoms with van der Waals surface area (Å²) in [4.78, 5) is 11.4. The van der Waals surface area contributed by atoms with E-state index in [2.05, 4.69) is 10.1 Å². The summed E-state index contributed by atoms with van der Waals surface area (Å²) in [6, 6.07) is 0.914. The van der Waals surface area contributed by atoms with Gasteiger partial charge >= 0.3 is 16.4 Å². The third-order valence-electron chi connectivity index (χ3n) is 5.19.